The molecule has 0 radical (unpaired) electrons. The summed E-state index contributed by atoms with van der Waals surface area (Å²) >= 11 is 5.87. The van der Waals surface area contributed by atoms with Gasteiger partial charge in [0, 0.05) is 17.6 Å². The van der Waals surface area contributed by atoms with E-state index in [4.69, 9.17) is 11.6 Å². The first-order valence-corrected chi connectivity index (χ1v) is 7.19. The average Bonchev–Trinajstić information content (AvgIpc) is 3.30. The monoisotopic (exact) mass is 304 g/mol. The van der Waals surface area contributed by atoms with Crippen molar-refractivity contribution in [1.82, 2.24) is 9.88 Å². The summed E-state index contributed by atoms with van der Waals surface area (Å²) in [7, 11) is 0. The highest BCUT2D eigenvalue weighted by molar-refractivity contribution is 6.30. The van der Waals surface area contributed by atoms with E-state index in [9.17, 15) is 9.18 Å². The molecule has 0 N–H and O–H groups in total. The number of hydrogen-bond donors (Lipinski definition) is 0. The standard InChI is InChI=1S/C16H14ClFN2O/c17-12-6-4-11(5-7-12)10-20(13-8-9-13)16(21)14-2-1-3-15(18)19-14/h1-7,13H,8-10H2. The van der Waals surface area contributed by atoms with E-state index in [-0.39, 0.29) is 17.6 Å². The zero-order valence-corrected chi connectivity index (χ0v) is 12.1. The van der Waals surface area contributed by atoms with Gasteiger partial charge in [-0.05, 0) is 42.7 Å². The van der Waals surface area contributed by atoms with Crippen molar-refractivity contribution in [3.8, 4) is 0 Å². The first kappa shape index (κ1) is 14.0. The van der Waals surface area contributed by atoms with Gasteiger partial charge in [0.15, 0.2) is 0 Å². The third kappa shape index (κ3) is 3.39. The van der Waals surface area contributed by atoms with Crippen LogP contribution in [0.15, 0.2) is 42.5 Å². The Labute approximate surface area is 127 Å². The lowest BCUT2D eigenvalue weighted by atomic mass is 10.2. The summed E-state index contributed by atoms with van der Waals surface area (Å²) in [6.07, 6.45) is 1.96. The normalized spacial score (nSPS) is 14.0. The molecule has 1 heterocycles. The van der Waals surface area contributed by atoms with Gasteiger partial charge >= 0.3 is 0 Å². The maximum Gasteiger partial charge on any atom is 0.273 e. The van der Waals surface area contributed by atoms with E-state index in [0.29, 0.717) is 11.6 Å². The molecule has 0 unspecified atom stereocenters. The highest BCUT2D eigenvalue weighted by atomic mass is 35.5. The van der Waals surface area contributed by atoms with Crippen molar-refractivity contribution in [2.75, 3.05) is 0 Å². The van der Waals surface area contributed by atoms with E-state index in [2.05, 4.69) is 4.98 Å². The van der Waals surface area contributed by atoms with Gasteiger partial charge in [-0.25, -0.2) is 4.98 Å². The second kappa shape index (κ2) is 5.82. The van der Waals surface area contributed by atoms with Crippen LogP contribution in [0, 0.1) is 5.95 Å². The van der Waals surface area contributed by atoms with Crippen LogP contribution >= 0.6 is 11.6 Å². The molecule has 0 atom stereocenters. The highest BCUT2D eigenvalue weighted by Crippen LogP contribution is 2.29. The Morgan fingerprint density at radius 3 is 2.57 bits per heavy atom. The van der Waals surface area contributed by atoms with Gasteiger partial charge in [0.25, 0.3) is 5.91 Å². The Kier molecular flexibility index (Phi) is 3.88. The molecule has 108 valence electrons. The number of rotatable bonds is 4. The van der Waals surface area contributed by atoms with Crippen LogP contribution in [0.4, 0.5) is 4.39 Å². The molecule has 3 nitrogen and oxygen atoms in total. The number of pyridine rings is 1. The highest BCUT2D eigenvalue weighted by Gasteiger charge is 2.33. The van der Waals surface area contributed by atoms with Gasteiger partial charge in [-0.2, -0.15) is 4.39 Å². The number of halogens is 2. The summed E-state index contributed by atoms with van der Waals surface area (Å²) in [5.41, 5.74) is 1.15. The Morgan fingerprint density at radius 2 is 1.95 bits per heavy atom. The number of carbonyl (C=O) groups excluding carboxylic acids is 1. The predicted octanol–water partition coefficient (Wildman–Crippen LogP) is 3.68. The fourth-order valence-electron chi connectivity index (χ4n) is 2.21. The fraction of sp³-hybridized carbons (Fsp3) is 0.250. The lowest BCUT2D eigenvalue weighted by Crippen LogP contribution is -2.33. The molecule has 5 heteroatoms. The largest absolute Gasteiger partial charge is 0.330 e. The third-order valence-corrected chi connectivity index (χ3v) is 3.70. The Bertz CT molecular complexity index is 656. The average molecular weight is 305 g/mol. The van der Waals surface area contributed by atoms with Crippen LogP contribution in [0.25, 0.3) is 0 Å². The summed E-state index contributed by atoms with van der Waals surface area (Å²) in [6.45, 7) is 0.485. The SMILES string of the molecule is O=C(c1cccc(F)n1)N(Cc1ccc(Cl)cc1)C1CC1. The minimum absolute atomic E-state index is 0.149. The molecule has 1 fully saturated rings. The van der Waals surface area contributed by atoms with Crippen LogP contribution in [-0.2, 0) is 6.54 Å². The van der Waals surface area contributed by atoms with Crippen molar-refractivity contribution in [3.63, 3.8) is 0 Å². The van der Waals surface area contributed by atoms with Crippen LogP contribution in [0.5, 0.6) is 0 Å². The van der Waals surface area contributed by atoms with Crippen LogP contribution in [0.3, 0.4) is 0 Å². The van der Waals surface area contributed by atoms with Crippen molar-refractivity contribution in [2.45, 2.75) is 25.4 Å². The summed E-state index contributed by atoms with van der Waals surface area (Å²) in [5.74, 6) is -0.866. The van der Waals surface area contributed by atoms with E-state index >= 15 is 0 Å². The summed E-state index contributed by atoms with van der Waals surface area (Å²) < 4.78 is 13.2. The van der Waals surface area contributed by atoms with Gasteiger partial charge in [-0.3, -0.25) is 4.79 Å². The number of benzene rings is 1. The first-order chi connectivity index (χ1) is 10.1. The number of aromatic nitrogens is 1. The Hall–Kier alpha value is -1.94. The molecule has 1 amide bonds. The second-order valence-corrected chi connectivity index (χ2v) is 5.57. The fourth-order valence-corrected chi connectivity index (χ4v) is 2.34. The molecular formula is C16H14ClFN2O. The van der Waals surface area contributed by atoms with Gasteiger partial charge < -0.3 is 4.90 Å². The van der Waals surface area contributed by atoms with Gasteiger partial charge in [0.1, 0.15) is 5.69 Å². The molecule has 1 aliphatic carbocycles. The molecule has 1 saturated carbocycles. The van der Waals surface area contributed by atoms with Crippen LogP contribution < -0.4 is 0 Å². The Morgan fingerprint density at radius 1 is 1.24 bits per heavy atom. The van der Waals surface area contributed by atoms with Crippen LogP contribution in [-0.4, -0.2) is 21.8 Å². The van der Waals surface area contributed by atoms with Gasteiger partial charge in [0.2, 0.25) is 5.95 Å². The molecule has 1 aromatic carbocycles. The molecule has 0 aliphatic heterocycles. The van der Waals surface area contributed by atoms with E-state index in [1.807, 2.05) is 12.1 Å². The van der Waals surface area contributed by atoms with Crippen LogP contribution in [0.2, 0.25) is 5.02 Å². The minimum Gasteiger partial charge on any atom is -0.330 e. The number of amides is 1. The maximum atomic E-state index is 13.2. The van der Waals surface area contributed by atoms with E-state index in [0.717, 1.165) is 18.4 Å². The molecule has 3 rings (SSSR count). The minimum atomic E-state index is -0.636. The van der Waals surface area contributed by atoms with Crippen molar-refractivity contribution < 1.29 is 9.18 Å². The lowest BCUT2D eigenvalue weighted by Gasteiger charge is -2.22. The lowest BCUT2D eigenvalue weighted by molar-refractivity contribution is 0.0722. The van der Waals surface area contributed by atoms with E-state index < -0.39 is 5.95 Å². The quantitative estimate of drug-likeness (QED) is 0.807. The predicted molar refractivity (Wildman–Crippen MR) is 78.5 cm³/mol. The number of carbonyl (C=O) groups is 1. The Balaban J connectivity index is 1.81. The zero-order chi connectivity index (χ0) is 14.8. The van der Waals surface area contributed by atoms with Crippen molar-refractivity contribution in [1.29, 1.82) is 0 Å². The zero-order valence-electron chi connectivity index (χ0n) is 11.3. The van der Waals surface area contributed by atoms with Gasteiger partial charge in [0.05, 0.1) is 0 Å². The van der Waals surface area contributed by atoms with E-state index in [1.54, 1.807) is 23.1 Å². The molecule has 0 bridgehead atoms. The van der Waals surface area contributed by atoms with Crippen molar-refractivity contribution in [2.24, 2.45) is 0 Å². The molecule has 0 saturated heterocycles. The molecule has 1 aromatic heterocycles. The molecule has 0 spiro atoms. The molecule has 1 aliphatic rings. The topological polar surface area (TPSA) is 33.2 Å². The smallest absolute Gasteiger partial charge is 0.273 e. The van der Waals surface area contributed by atoms with Crippen molar-refractivity contribution in [3.05, 3.63) is 64.7 Å². The van der Waals surface area contributed by atoms with E-state index in [1.165, 1.54) is 12.1 Å². The first-order valence-electron chi connectivity index (χ1n) is 6.81. The summed E-state index contributed by atoms with van der Waals surface area (Å²) in [4.78, 5) is 18.0. The van der Waals surface area contributed by atoms with Crippen LogP contribution in [0.1, 0.15) is 28.9 Å². The van der Waals surface area contributed by atoms with Gasteiger partial charge in [-0.1, -0.05) is 29.8 Å². The van der Waals surface area contributed by atoms with Gasteiger partial charge in [-0.15, -0.1) is 0 Å². The second-order valence-electron chi connectivity index (χ2n) is 5.14. The molecule has 21 heavy (non-hydrogen) atoms. The molecule has 2 aromatic rings. The third-order valence-electron chi connectivity index (χ3n) is 3.45. The number of hydrogen-bond acceptors (Lipinski definition) is 2. The maximum absolute atomic E-state index is 13.2. The molecular weight excluding hydrogens is 291 g/mol. The summed E-state index contributed by atoms with van der Waals surface area (Å²) in [5, 5.41) is 0.662. The number of nitrogens with zero attached hydrogens (tertiary/aromatic N) is 2. The van der Waals surface area contributed by atoms with Crippen molar-refractivity contribution >= 4 is 17.5 Å². The summed E-state index contributed by atoms with van der Waals surface area (Å²) in [6, 6.07) is 11.9.